The zero-order chi connectivity index (χ0) is 9.68. The molecule has 1 unspecified atom stereocenters. The molecule has 6 heteroatoms. The van der Waals surface area contributed by atoms with Gasteiger partial charge < -0.3 is 21.7 Å². The molecule has 1 rings (SSSR count). The highest BCUT2D eigenvalue weighted by Gasteiger charge is 2.19. The van der Waals surface area contributed by atoms with Gasteiger partial charge in [-0.1, -0.05) is 0 Å². The average molecular weight is 186 g/mol. The van der Waals surface area contributed by atoms with E-state index in [2.05, 4.69) is 16.0 Å². The van der Waals surface area contributed by atoms with Gasteiger partial charge in [0.1, 0.15) is 0 Å². The fourth-order valence-corrected chi connectivity index (χ4v) is 1.14. The molecule has 1 saturated heterocycles. The summed E-state index contributed by atoms with van der Waals surface area (Å²) in [6.07, 6.45) is 0. The van der Waals surface area contributed by atoms with E-state index in [1.807, 2.05) is 0 Å². The monoisotopic (exact) mass is 186 g/mol. The highest BCUT2D eigenvalue weighted by Crippen LogP contribution is 1.86. The van der Waals surface area contributed by atoms with E-state index in [0.29, 0.717) is 6.54 Å². The number of carbonyl (C=O) groups is 2. The van der Waals surface area contributed by atoms with E-state index >= 15 is 0 Å². The van der Waals surface area contributed by atoms with Crippen molar-refractivity contribution in [2.24, 2.45) is 5.73 Å². The van der Waals surface area contributed by atoms with Gasteiger partial charge in [0.15, 0.2) is 0 Å². The van der Waals surface area contributed by atoms with Crippen molar-refractivity contribution < 1.29 is 9.59 Å². The van der Waals surface area contributed by atoms with Gasteiger partial charge in [-0.15, -0.1) is 0 Å². The van der Waals surface area contributed by atoms with Crippen molar-refractivity contribution in [2.75, 3.05) is 26.2 Å². The van der Waals surface area contributed by atoms with Gasteiger partial charge in [0, 0.05) is 19.6 Å². The van der Waals surface area contributed by atoms with Crippen molar-refractivity contribution in [3.8, 4) is 0 Å². The van der Waals surface area contributed by atoms with E-state index in [9.17, 15) is 9.59 Å². The van der Waals surface area contributed by atoms with Gasteiger partial charge in [0.05, 0.1) is 12.6 Å². The quantitative estimate of drug-likeness (QED) is 0.381. The first-order valence-corrected chi connectivity index (χ1v) is 4.20. The summed E-state index contributed by atoms with van der Waals surface area (Å²) in [4.78, 5) is 21.6. The molecule has 2 amide bonds. The minimum atomic E-state index is -0.530. The van der Waals surface area contributed by atoms with Crippen LogP contribution in [-0.4, -0.2) is 44.0 Å². The Morgan fingerprint density at radius 2 is 2.23 bits per heavy atom. The Balaban J connectivity index is 2.25. The summed E-state index contributed by atoms with van der Waals surface area (Å²) >= 11 is 0. The SMILES string of the molecule is NC(=O)CNC(=O)C1CNCCN1. The first-order valence-electron chi connectivity index (χ1n) is 4.20. The molecule has 1 heterocycles. The summed E-state index contributed by atoms with van der Waals surface area (Å²) in [6, 6.07) is -0.256. The third kappa shape index (κ3) is 3.39. The van der Waals surface area contributed by atoms with Crippen molar-refractivity contribution >= 4 is 11.8 Å². The van der Waals surface area contributed by atoms with Gasteiger partial charge in [0.2, 0.25) is 11.8 Å². The molecule has 0 aromatic carbocycles. The molecule has 0 radical (unpaired) electrons. The molecule has 1 fully saturated rings. The highest BCUT2D eigenvalue weighted by atomic mass is 16.2. The Kier molecular flexibility index (Phi) is 3.66. The first kappa shape index (κ1) is 9.94. The number of hydrogen-bond acceptors (Lipinski definition) is 4. The predicted octanol–water partition coefficient (Wildman–Crippen LogP) is -2.85. The lowest BCUT2D eigenvalue weighted by molar-refractivity contribution is -0.126. The molecule has 0 saturated carbocycles. The second-order valence-corrected chi connectivity index (χ2v) is 2.89. The number of nitrogens with two attached hydrogens (primary N) is 1. The summed E-state index contributed by atoms with van der Waals surface area (Å²) in [5.74, 6) is -0.719. The molecule has 0 aromatic rings. The van der Waals surface area contributed by atoms with Gasteiger partial charge in [-0.2, -0.15) is 0 Å². The Labute approximate surface area is 76.2 Å². The average Bonchev–Trinajstić information content (AvgIpc) is 2.15. The lowest BCUT2D eigenvalue weighted by atomic mass is 10.2. The lowest BCUT2D eigenvalue weighted by Gasteiger charge is -2.23. The zero-order valence-corrected chi connectivity index (χ0v) is 7.30. The number of amides is 2. The van der Waals surface area contributed by atoms with E-state index in [-0.39, 0.29) is 18.5 Å². The van der Waals surface area contributed by atoms with Crippen LogP contribution in [0.15, 0.2) is 0 Å². The van der Waals surface area contributed by atoms with E-state index in [1.165, 1.54) is 0 Å². The van der Waals surface area contributed by atoms with Crippen molar-refractivity contribution in [2.45, 2.75) is 6.04 Å². The van der Waals surface area contributed by atoms with Crippen molar-refractivity contribution in [1.82, 2.24) is 16.0 Å². The fraction of sp³-hybridized carbons (Fsp3) is 0.714. The molecule has 0 spiro atoms. The van der Waals surface area contributed by atoms with Crippen LogP contribution in [0.3, 0.4) is 0 Å². The van der Waals surface area contributed by atoms with Crippen LogP contribution < -0.4 is 21.7 Å². The van der Waals surface area contributed by atoms with E-state index in [0.717, 1.165) is 13.1 Å². The zero-order valence-electron chi connectivity index (χ0n) is 7.30. The second kappa shape index (κ2) is 4.78. The Bertz CT molecular complexity index is 201. The topological polar surface area (TPSA) is 96.2 Å². The second-order valence-electron chi connectivity index (χ2n) is 2.89. The number of rotatable bonds is 3. The molecule has 0 bridgehead atoms. The smallest absolute Gasteiger partial charge is 0.238 e. The highest BCUT2D eigenvalue weighted by molar-refractivity contribution is 5.86. The Morgan fingerprint density at radius 1 is 1.46 bits per heavy atom. The minimum Gasteiger partial charge on any atom is -0.368 e. The van der Waals surface area contributed by atoms with Crippen molar-refractivity contribution in [3.63, 3.8) is 0 Å². The number of carbonyl (C=O) groups excluding carboxylic acids is 2. The van der Waals surface area contributed by atoms with Gasteiger partial charge >= 0.3 is 0 Å². The molecule has 5 N–H and O–H groups in total. The molecular formula is C7H14N4O2. The summed E-state index contributed by atoms with van der Waals surface area (Å²) in [7, 11) is 0. The molecule has 13 heavy (non-hydrogen) atoms. The summed E-state index contributed by atoms with van der Waals surface area (Å²) in [6.45, 7) is 2.11. The number of piperazine rings is 1. The molecule has 1 atom stereocenters. The minimum absolute atomic E-state index is 0.100. The van der Waals surface area contributed by atoms with Crippen LogP contribution in [0, 0.1) is 0 Å². The van der Waals surface area contributed by atoms with E-state index in [1.54, 1.807) is 0 Å². The van der Waals surface area contributed by atoms with Crippen LogP contribution in [-0.2, 0) is 9.59 Å². The number of nitrogens with one attached hydrogen (secondary N) is 3. The van der Waals surface area contributed by atoms with Crippen molar-refractivity contribution in [1.29, 1.82) is 0 Å². The van der Waals surface area contributed by atoms with E-state index in [4.69, 9.17) is 5.73 Å². The van der Waals surface area contributed by atoms with Crippen molar-refractivity contribution in [3.05, 3.63) is 0 Å². The molecule has 1 aliphatic heterocycles. The third-order valence-corrected chi connectivity index (χ3v) is 1.79. The first-order chi connectivity index (χ1) is 6.20. The molecule has 6 nitrogen and oxygen atoms in total. The lowest BCUT2D eigenvalue weighted by Crippen LogP contribution is -2.56. The molecule has 74 valence electrons. The van der Waals surface area contributed by atoms with Crippen LogP contribution in [0.25, 0.3) is 0 Å². The van der Waals surface area contributed by atoms with Crippen LogP contribution in [0.5, 0.6) is 0 Å². The molecule has 1 aliphatic rings. The maximum absolute atomic E-state index is 11.3. The third-order valence-electron chi connectivity index (χ3n) is 1.79. The summed E-state index contributed by atoms with van der Waals surface area (Å²) < 4.78 is 0. The van der Waals surface area contributed by atoms with Crippen LogP contribution in [0.4, 0.5) is 0 Å². The van der Waals surface area contributed by atoms with Crippen LogP contribution in [0.1, 0.15) is 0 Å². The van der Waals surface area contributed by atoms with Gasteiger partial charge in [-0.3, -0.25) is 9.59 Å². The molecular weight excluding hydrogens is 172 g/mol. The molecule has 0 aromatic heterocycles. The Hall–Kier alpha value is -1.14. The van der Waals surface area contributed by atoms with Gasteiger partial charge in [-0.25, -0.2) is 0 Å². The van der Waals surface area contributed by atoms with Crippen LogP contribution >= 0.6 is 0 Å². The number of hydrogen-bond donors (Lipinski definition) is 4. The molecule has 0 aliphatic carbocycles. The summed E-state index contributed by atoms with van der Waals surface area (Å²) in [5.41, 5.74) is 4.88. The van der Waals surface area contributed by atoms with Gasteiger partial charge in [0.25, 0.3) is 0 Å². The normalized spacial score (nSPS) is 22.3. The summed E-state index contributed by atoms with van der Waals surface area (Å²) in [5, 5.41) is 8.52. The number of primary amides is 1. The van der Waals surface area contributed by atoms with E-state index < -0.39 is 5.91 Å². The standard InChI is InChI=1S/C7H14N4O2/c8-6(12)4-11-7(13)5-3-9-1-2-10-5/h5,9-10H,1-4H2,(H2,8,12)(H,11,13). The largest absolute Gasteiger partial charge is 0.368 e. The maximum atomic E-state index is 11.3. The van der Waals surface area contributed by atoms with Crippen LogP contribution in [0.2, 0.25) is 0 Å². The maximum Gasteiger partial charge on any atom is 0.238 e. The predicted molar refractivity (Wildman–Crippen MR) is 46.9 cm³/mol. The van der Waals surface area contributed by atoms with Gasteiger partial charge in [-0.05, 0) is 0 Å². The fourth-order valence-electron chi connectivity index (χ4n) is 1.14. The Morgan fingerprint density at radius 3 is 2.77 bits per heavy atom.